The lowest BCUT2D eigenvalue weighted by Gasteiger charge is -2.09. The van der Waals surface area contributed by atoms with Crippen LogP contribution in [0.2, 0.25) is 0 Å². The van der Waals surface area contributed by atoms with Crippen molar-refractivity contribution in [2.24, 2.45) is 5.10 Å². The summed E-state index contributed by atoms with van der Waals surface area (Å²) in [6, 6.07) is 4.60. The number of aromatic nitrogens is 2. The monoisotopic (exact) mass is 377 g/mol. The standard InChI is InChI=1S/C18H14F3N3OS/c19-18(20,21)12-7-5-11(6-8-12)9-23-24-10-22-16-15(17(24)25)13-3-1-2-4-14(13)26-16/h5-10H,1-4H2/b23-9-. The van der Waals surface area contributed by atoms with E-state index < -0.39 is 11.7 Å². The third kappa shape index (κ3) is 3.05. The van der Waals surface area contributed by atoms with Crippen molar-refractivity contribution in [1.29, 1.82) is 0 Å². The molecule has 1 aromatic carbocycles. The van der Waals surface area contributed by atoms with Crippen LogP contribution in [0.1, 0.15) is 34.4 Å². The van der Waals surface area contributed by atoms with Crippen LogP contribution in [0.15, 0.2) is 40.5 Å². The summed E-state index contributed by atoms with van der Waals surface area (Å²) in [5, 5.41) is 4.71. The first-order chi connectivity index (χ1) is 12.4. The summed E-state index contributed by atoms with van der Waals surface area (Å²) in [7, 11) is 0. The molecule has 4 rings (SSSR count). The third-order valence-electron chi connectivity index (χ3n) is 4.43. The molecule has 0 aliphatic heterocycles. The molecule has 0 bridgehead atoms. The van der Waals surface area contributed by atoms with Gasteiger partial charge in [-0.15, -0.1) is 11.3 Å². The lowest BCUT2D eigenvalue weighted by atomic mass is 9.97. The molecule has 0 fully saturated rings. The Morgan fingerprint density at radius 3 is 2.62 bits per heavy atom. The quantitative estimate of drug-likeness (QED) is 0.627. The average molecular weight is 377 g/mol. The predicted molar refractivity (Wildman–Crippen MR) is 95.0 cm³/mol. The van der Waals surface area contributed by atoms with Crippen molar-refractivity contribution in [3.63, 3.8) is 0 Å². The summed E-state index contributed by atoms with van der Waals surface area (Å²) in [6.45, 7) is 0. The minimum atomic E-state index is -4.38. The van der Waals surface area contributed by atoms with Gasteiger partial charge in [0.2, 0.25) is 0 Å². The van der Waals surface area contributed by atoms with E-state index in [1.165, 1.54) is 29.6 Å². The summed E-state index contributed by atoms with van der Waals surface area (Å²) in [5.74, 6) is 0. The van der Waals surface area contributed by atoms with Crippen LogP contribution in [0.4, 0.5) is 13.2 Å². The number of hydrogen-bond donors (Lipinski definition) is 0. The van der Waals surface area contributed by atoms with Crippen LogP contribution in [-0.2, 0) is 19.0 Å². The predicted octanol–water partition coefficient (Wildman–Crippen LogP) is 4.24. The van der Waals surface area contributed by atoms with Gasteiger partial charge in [-0.25, -0.2) is 4.98 Å². The van der Waals surface area contributed by atoms with E-state index in [0.717, 1.165) is 52.9 Å². The minimum absolute atomic E-state index is 0.238. The molecule has 0 saturated carbocycles. The fourth-order valence-electron chi connectivity index (χ4n) is 3.11. The fourth-order valence-corrected chi connectivity index (χ4v) is 4.33. The Morgan fingerprint density at radius 2 is 1.88 bits per heavy atom. The number of nitrogens with zero attached hydrogens (tertiary/aromatic N) is 3. The second-order valence-electron chi connectivity index (χ2n) is 6.15. The van der Waals surface area contributed by atoms with E-state index in [1.807, 2.05) is 0 Å². The molecule has 0 unspecified atom stereocenters. The van der Waals surface area contributed by atoms with Crippen molar-refractivity contribution in [3.8, 4) is 0 Å². The molecular formula is C18H14F3N3OS. The first kappa shape index (κ1) is 17.0. The summed E-state index contributed by atoms with van der Waals surface area (Å²) < 4.78 is 38.9. The zero-order chi connectivity index (χ0) is 18.3. The van der Waals surface area contributed by atoms with Crippen molar-refractivity contribution in [3.05, 3.63) is 62.5 Å². The number of rotatable bonds is 2. The Kier molecular flexibility index (Phi) is 4.14. The van der Waals surface area contributed by atoms with Gasteiger partial charge in [0.1, 0.15) is 11.2 Å². The second kappa shape index (κ2) is 6.35. The van der Waals surface area contributed by atoms with Gasteiger partial charge in [0, 0.05) is 4.88 Å². The van der Waals surface area contributed by atoms with Gasteiger partial charge >= 0.3 is 6.18 Å². The number of aryl methyl sites for hydroxylation is 2. The van der Waals surface area contributed by atoms with Gasteiger partial charge < -0.3 is 0 Å². The van der Waals surface area contributed by atoms with Crippen molar-refractivity contribution in [2.75, 3.05) is 0 Å². The van der Waals surface area contributed by atoms with Crippen LogP contribution in [0.25, 0.3) is 10.2 Å². The van der Waals surface area contributed by atoms with Crippen molar-refractivity contribution < 1.29 is 13.2 Å². The van der Waals surface area contributed by atoms with Crippen LogP contribution in [0, 0.1) is 0 Å². The van der Waals surface area contributed by atoms with E-state index in [1.54, 1.807) is 11.3 Å². The number of halogens is 3. The number of hydrogen-bond acceptors (Lipinski definition) is 4. The Bertz CT molecular complexity index is 1050. The molecular weight excluding hydrogens is 363 g/mol. The Balaban J connectivity index is 1.68. The smallest absolute Gasteiger partial charge is 0.267 e. The van der Waals surface area contributed by atoms with Gasteiger partial charge in [-0.3, -0.25) is 4.79 Å². The number of alkyl halides is 3. The molecule has 4 nitrogen and oxygen atoms in total. The van der Waals surface area contributed by atoms with Gasteiger partial charge in [0.25, 0.3) is 5.56 Å². The molecule has 2 aromatic heterocycles. The lowest BCUT2D eigenvalue weighted by Crippen LogP contribution is -2.18. The fraction of sp³-hybridized carbons (Fsp3) is 0.278. The van der Waals surface area contributed by atoms with Crippen molar-refractivity contribution in [1.82, 2.24) is 9.66 Å². The number of benzene rings is 1. The highest BCUT2D eigenvalue weighted by Crippen LogP contribution is 2.33. The molecule has 1 aliphatic rings. The maximum Gasteiger partial charge on any atom is 0.416 e. The van der Waals surface area contributed by atoms with Crippen molar-refractivity contribution in [2.45, 2.75) is 31.9 Å². The zero-order valence-electron chi connectivity index (χ0n) is 13.6. The van der Waals surface area contributed by atoms with Crippen LogP contribution >= 0.6 is 11.3 Å². The van der Waals surface area contributed by atoms with E-state index in [2.05, 4.69) is 10.1 Å². The van der Waals surface area contributed by atoms with Crippen LogP contribution in [0.3, 0.4) is 0 Å². The maximum atomic E-state index is 12.7. The summed E-state index contributed by atoms with van der Waals surface area (Å²) in [6.07, 6.45) is 2.37. The highest BCUT2D eigenvalue weighted by molar-refractivity contribution is 7.18. The van der Waals surface area contributed by atoms with E-state index in [9.17, 15) is 18.0 Å². The highest BCUT2D eigenvalue weighted by atomic mass is 32.1. The highest BCUT2D eigenvalue weighted by Gasteiger charge is 2.29. The largest absolute Gasteiger partial charge is 0.416 e. The Labute approximate surface area is 150 Å². The summed E-state index contributed by atoms with van der Waals surface area (Å²) in [4.78, 5) is 19.0. The molecule has 134 valence electrons. The summed E-state index contributed by atoms with van der Waals surface area (Å²) >= 11 is 1.56. The average Bonchev–Trinajstić information content (AvgIpc) is 3.00. The van der Waals surface area contributed by atoms with E-state index in [4.69, 9.17) is 0 Å². The first-order valence-electron chi connectivity index (χ1n) is 8.17. The maximum absolute atomic E-state index is 12.7. The number of fused-ring (bicyclic) bond motifs is 3. The molecule has 0 spiro atoms. The van der Waals surface area contributed by atoms with E-state index >= 15 is 0 Å². The second-order valence-corrected chi connectivity index (χ2v) is 7.23. The normalized spacial score (nSPS) is 14.9. The van der Waals surface area contributed by atoms with E-state index in [0.29, 0.717) is 10.9 Å². The first-order valence-corrected chi connectivity index (χ1v) is 8.98. The molecule has 0 saturated heterocycles. The van der Waals surface area contributed by atoms with Crippen LogP contribution in [0.5, 0.6) is 0 Å². The molecule has 0 atom stereocenters. The SMILES string of the molecule is O=c1c2c3c(sc2ncn1/N=C\c1ccc(C(F)(F)F)cc1)CCCC3. The lowest BCUT2D eigenvalue weighted by molar-refractivity contribution is -0.137. The topological polar surface area (TPSA) is 47.2 Å². The Morgan fingerprint density at radius 1 is 1.15 bits per heavy atom. The molecule has 0 N–H and O–H groups in total. The van der Waals surface area contributed by atoms with Crippen LogP contribution < -0.4 is 5.56 Å². The van der Waals surface area contributed by atoms with Gasteiger partial charge in [0.05, 0.1) is 17.2 Å². The van der Waals surface area contributed by atoms with Gasteiger partial charge in [-0.05, 0) is 48.9 Å². The van der Waals surface area contributed by atoms with Crippen LogP contribution in [-0.4, -0.2) is 15.9 Å². The zero-order valence-corrected chi connectivity index (χ0v) is 14.4. The van der Waals surface area contributed by atoms with Gasteiger partial charge in [0.15, 0.2) is 0 Å². The molecule has 2 heterocycles. The number of thiophene rings is 1. The molecule has 1 aliphatic carbocycles. The van der Waals surface area contributed by atoms with Gasteiger partial charge in [-0.1, -0.05) is 12.1 Å². The Hall–Kier alpha value is -2.48. The minimum Gasteiger partial charge on any atom is -0.267 e. The van der Waals surface area contributed by atoms with Gasteiger partial charge in [-0.2, -0.15) is 22.9 Å². The van der Waals surface area contributed by atoms with E-state index in [-0.39, 0.29) is 5.56 Å². The molecule has 26 heavy (non-hydrogen) atoms. The third-order valence-corrected chi connectivity index (χ3v) is 5.63. The summed E-state index contributed by atoms with van der Waals surface area (Å²) in [5.41, 5.74) is 0.586. The van der Waals surface area contributed by atoms with Crippen molar-refractivity contribution >= 4 is 27.8 Å². The molecule has 8 heteroatoms. The molecule has 0 amide bonds. The molecule has 3 aromatic rings. The molecule has 0 radical (unpaired) electrons.